The highest BCUT2D eigenvalue weighted by Gasteiger charge is 2.10. The van der Waals surface area contributed by atoms with E-state index in [1.807, 2.05) is 0 Å². The Hall–Kier alpha value is -1.75. The van der Waals surface area contributed by atoms with Gasteiger partial charge in [0.15, 0.2) is 0 Å². The van der Waals surface area contributed by atoms with E-state index in [9.17, 15) is 9.59 Å². The summed E-state index contributed by atoms with van der Waals surface area (Å²) in [4.78, 5) is 22.9. The second-order valence-electron chi connectivity index (χ2n) is 3.90. The second-order valence-corrected chi connectivity index (χ2v) is 4.31. The van der Waals surface area contributed by atoms with Crippen LogP contribution in [0.4, 0.5) is 5.69 Å². The average molecular weight is 285 g/mol. The van der Waals surface area contributed by atoms with Gasteiger partial charge in [0.05, 0.1) is 17.2 Å². The van der Waals surface area contributed by atoms with Gasteiger partial charge in [0, 0.05) is 18.7 Å². The van der Waals surface area contributed by atoms with E-state index >= 15 is 0 Å². The summed E-state index contributed by atoms with van der Waals surface area (Å²) in [5.74, 6) is -0.545. The average Bonchev–Trinajstić information content (AvgIpc) is 2.34. The predicted molar refractivity (Wildman–Crippen MR) is 74.1 cm³/mol. The van der Waals surface area contributed by atoms with Crippen LogP contribution in [0.15, 0.2) is 18.2 Å². The minimum absolute atomic E-state index is 0.262. The number of amides is 1. The van der Waals surface area contributed by atoms with Crippen molar-refractivity contribution in [2.45, 2.75) is 19.8 Å². The van der Waals surface area contributed by atoms with Gasteiger partial charge in [0.25, 0.3) is 5.91 Å². The molecule has 1 aromatic carbocycles. The molecule has 3 N–H and O–H groups in total. The maximum absolute atomic E-state index is 11.8. The summed E-state index contributed by atoms with van der Waals surface area (Å²) in [6.07, 6.45) is 0.806. The van der Waals surface area contributed by atoms with Crippen molar-refractivity contribution < 1.29 is 14.3 Å². The first kappa shape index (κ1) is 15.3. The number of rotatable bonds is 6. The molecule has 0 bridgehead atoms. The fourth-order valence-electron chi connectivity index (χ4n) is 1.48. The number of halogens is 1. The van der Waals surface area contributed by atoms with Crippen molar-refractivity contribution in [1.29, 1.82) is 0 Å². The Labute approximate surface area is 117 Å². The standard InChI is InChI=1S/C13H17ClN2O3/c1-2-19-12(17)4-3-7-16-13(18)10-6-5-9(15)8-11(10)14/h5-6,8H,2-4,7,15H2,1H3,(H,16,18). The number of anilines is 1. The predicted octanol–water partition coefficient (Wildman–Crippen LogP) is 2.00. The highest BCUT2D eigenvalue weighted by Crippen LogP contribution is 2.18. The SMILES string of the molecule is CCOC(=O)CCCNC(=O)c1ccc(N)cc1Cl. The van der Waals surface area contributed by atoms with Gasteiger partial charge in [-0.2, -0.15) is 0 Å². The van der Waals surface area contributed by atoms with Gasteiger partial charge < -0.3 is 15.8 Å². The quantitative estimate of drug-likeness (QED) is 0.475. The Bertz CT molecular complexity index is 463. The van der Waals surface area contributed by atoms with Crippen LogP contribution in [0.2, 0.25) is 5.02 Å². The van der Waals surface area contributed by atoms with Crippen molar-refractivity contribution in [3.05, 3.63) is 28.8 Å². The Kier molecular flexibility index (Phi) is 6.15. The third kappa shape index (κ3) is 5.18. The number of carbonyl (C=O) groups excluding carboxylic acids is 2. The van der Waals surface area contributed by atoms with E-state index < -0.39 is 0 Å². The molecule has 1 aromatic rings. The van der Waals surface area contributed by atoms with Crippen LogP contribution < -0.4 is 11.1 Å². The van der Waals surface area contributed by atoms with Crippen LogP contribution in [0.3, 0.4) is 0 Å². The van der Waals surface area contributed by atoms with Crippen LogP contribution in [-0.4, -0.2) is 25.0 Å². The smallest absolute Gasteiger partial charge is 0.305 e. The number of carbonyl (C=O) groups is 2. The molecule has 1 rings (SSSR count). The van der Waals surface area contributed by atoms with Crippen molar-refractivity contribution in [2.24, 2.45) is 0 Å². The number of esters is 1. The van der Waals surface area contributed by atoms with Gasteiger partial charge in [-0.3, -0.25) is 9.59 Å². The molecular weight excluding hydrogens is 268 g/mol. The molecule has 0 radical (unpaired) electrons. The van der Waals surface area contributed by atoms with E-state index in [0.717, 1.165) is 0 Å². The summed E-state index contributed by atoms with van der Waals surface area (Å²) >= 11 is 5.91. The topological polar surface area (TPSA) is 81.4 Å². The van der Waals surface area contributed by atoms with E-state index in [2.05, 4.69) is 5.32 Å². The first-order chi connectivity index (χ1) is 9.04. The first-order valence-corrected chi connectivity index (χ1v) is 6.41. The largest absolute Gasteiger partial charge is 0.466 e. The third-order valence-corrected chi connectivity index (χ3v) is 2.70. The van der Waals surface area contributed by atoms with Gasteiger partial charge in [0.1, 0.15) is 0 Å². The van der Waals surface area contributed by atoms with Crippen LogP contribution in [0.5, 0.6) is 0 Å². The maximum Gasteiger partial charge on any atom is 0.305 e. The van der Waals surface area contributed by atoms with Crippen molar-refractivity contribution in [1.82, 2.24) is 5.32 Å². The molecule has 0 saturated carbocycles. The van der Waals surface area contributed by atoms with Crippen molar-refractivity contribution >= 4 is 29.2 Å². The number of nitrogens with one attached hydrogen (secondary N) is 1. The summed E-state index contributed by atoms with van der Waals surface area (Å²) in [6, 6.07) is 4.70. The van der Waals surface area contributed by atoms with Gasteiger partial charge in [-0.05, 0) is 31.5 Å². The first-order valence-electron chi connectivity index (χ1n) is 6.03. The maximum atomic E-state index is 11.8. The molecule has 0 spiro atoms. The molecular formula is C13H17ClN2O3. The molecule has 19 heavy (non-hydrogen) atoms. The fourth-order valence-corrected chi connectivity index (χ4v) is 1.75. The molecule has 0 atom stereocenters. The number of nitrogens with two attached hydrogens (primary N) is 1. The van der Waals surface area contributed by atoms with Crippen molar-refractivity contribution in [2.75, 3.05) is 18.9 Å². The lowest BCUT2D eigenvalue weighted by Crippen LogP contribution is -2.25. The minimum atomic E-state index is -0.283. The lowest BCUT2D eigenvalue weighted by molar-refractivity contribution is -0.143. The van der Waals surface area contributed by atoms with Gasteiger partial charge in [-0.1, -0.05) is 11.6 Å². The number of nitrogen functional groups attached to an aromatic ring is 1. The molecule has 0 fully saturated rings. The van der Waals surface area contributed by atoms with E-state index in [-0.39, 0.29) is 18.3 Å². The summed E-state index contributed by atoms with van der Waals surface area (Å²) in [6.45, 7) is 2.51. The Morgan fingerprint density at radius 1 is 1.42 bits per heavy atom. The molecule has 0 saturated heterocycles. The number of hydrogen-bond donors (Lipinski definition) is 2. The van der Waals surface area contributed by atoms with E-state index in [1.54, 1.807) is 19.1 Å². The van der Waals surface area contributed by atoms with Crippen molar-refractivity contribution in [3.63, 3.8) is 0 Å². The van der Waals surface area contributed by atoms with E-state index in [4.69, 9.17) is 22.1 Å². The molecule has 0 aromatic heterocycles. The molecule has 5 nitrogen and oxygen atoms in total. The Balaban J connectivity index is 2.37. The monoisotopic (exact) mass is 284 g/mol. The summed E-state index contributed by atoms with van der Waals surface area (Å²) in [5.41, 5.74) is 6.41. The molecule has 0 unspecified atom stereocenters. The summed E-state index contributed by atoms with van der Waals surface area (Å²) in [7, 11) is 0. The van der Waals surface area contributed by atoms with Crippen molar-refractivity contribution in [3.8, 4) is 0 Å². The van der Waals surface area contributed by atoms with Gasteiger partial charge in [-0.25, -0.2) is 0 Å². The van der Waals surface area contributed by atoms with Gasteiger partial charge in [0.2, 0.25) is 0 Å². The van der Waals surface area contributed by atoms with Crippen LogP contribution in [-0.2, 0) is 9.53 Å². The van der Waals surface area contributed by atoms with Crippen LogP contribution in [0, 0.1) is 0 Å². The van der Waals surface area contributed by atoms with Gasteiger partial charge in [-0.15, -0.1) is 0 Å². The van der Waals surface area contributed by atoms with Gasteiger partial charge >= 0.3 is 5.97 Å². The molecule has 104 valence electrons. The fraction of sp³-hybridized carbons (Fsp3) is 0.385. The summed E-state index contributed by atoms with van der Waals surface area (Å²) in [5, 5.41) is 2.99. The molecule has 6 heteroatoms. The number of ether oxygens (including phenoxy) is 1. The Morgan fingerprint density at radius 3 is 2.79 bits per heavy atom. The molecule has 1 amide bonds. The van der Waals surface area contributed by atoms with E-state index in [0.29, 0.717) is 35.8 Å². The van der Waals surface area contributed by atoms with Crippen LogP contribution in [0.1, 0.15) is 30.1 Å². The highest BCUT2D eigenvalue weighted by atomic mass is 35.5. The third-order valence-electron chi connectivity index (χ3n) is 2.39. The highest BCUT2D eigenvalue weighted by molar-refractivity contribution is 6.34. The second kappa shape index (κ2) is 7.63. The molecule has 0 aliphatic carbocycles. The lowest BCUT2D eigenvalue weighted by atomic mass is 10.2. The number of hydrogen-bond acceptors (Lipinski definition) is 4. The number of benzene rings is 1. The summed E-state index contributed by atoms with van der Waals surface area (Å²) < 4.78 is 4.78. The molecule has 0 aliphatic heterocycles. The Morgan fingerprint density at radius 2 is 2.16 bits per heavy atom. The van der Waals surface area contributed by atoms with Crippen LogP contribution in [0.25, 0.3) is 0 Å². The minimum Gasteiger partial charge on any atom is -0.466 e. The van der Waals surface area contributed by atoms with Crippen LogP contribution >= 0.6 is 11.6 Å². The molecule has 0 aliphatic rings. The molecule has 0 heterocycles. The van der Waals surface area contributed by atoms with E-state index in [1.165, 1.54) is 6.07 Å². The zero-order valence-electron chi connectivity index (χ0n) is 10.7. The normalized spacial score (nSPS) is 10.0. The zero-order valence-corrected chi connectivity index (χ0v) is 11.5. The lowest BCUT2D eigenvalue weighted by Gasteiger charge is -2.07. The zero-order chi connectivity index (χ0) is 14.3.